The van der Waals surface area contributed by atoms with Crippen molar-refractivity contribution in [3.8, 4) is 0 Å². The van der Waals surface area contributed by atoms with Gasteiger partial charge in [-0.15, -0.1) is 5.10 Å². The molecule has 0 spiro atoms. The second-order valence-electron chi connectivity index (χ2n) is 10.9. The lowest BCUT2D eigenvalue weighted by Gasteiger charge is -2.36. The predicted molar refractivity (Wildman–Crippen MR) is 167 cm³/mol. The summed E-state index contributed by atoms with van der Waals surface area (Å²) in [6.45, 7) is 4.90. The molecule has 12 heteroatoms. The van der Waals surface area contributed by atoms with Gasteiger partial charge >= 0.3 is 0 Å². The Labute approximate surface area is 260 Å². The molecule has 6 rings (SSSR count). The summed E-state index contributed by atoms with van der Waals surface area (Å²) in [5, 5.41) is 8.15. The largest absolute Gasteiger partial charge is 0.369 e. The number of piperazine rings is 1. The highest BCUT2D eigenvalue weighted by Gasteiger charge is 2.31. The van der Waals surface area contributed by atoms with Gasteiger partial charge in [-0.05, 0) is 54.3 Å². The van der Waals surface area contributed by atoms with Crippen LogP contribution in [-0.4, -0.2) is 75.7 Å². The van der Waals surface area contributed by atoms with Gasteiger partial charge in [-0.1, -0.05) is 41.4 Å². The van der Waals surface area contributed by atoms with E-state index in [0.29, 0.717) is 28.5 Å². The number of fused-ring (bicyclic) bond motifs is 1. The summed E-state index contributed by atoms with van der Waals surface area (Å²) in [6, 6.07) is 15.0. The van der Waals surface area contributed by atoms with E-state index in [9.17, 15) is 9.59 Å². The van der Waals surface area contributed by atoms with E-state index in [1.54, 1.807) is 30.1 Å². The first-order chi connectivity index (χ1) is 20.9. The van der Waals surface area contributed by atoms with E-state index in [1.165, 1.54) is 16.7 Å². The molecule has 0 bridgehead atoms. The third-order valence-electron chi connectivity index (χ3n) is 8.08. The molecule has 1 fully saturated rings. The molecule has 0 unspecified atom stereocenters. The maximum absolute atomic E-state index is 13.5. The summed E-state index contributed by atoms with van der Waals surface area (Å²) < 4.78 is 1.50. The van der Waals surface area contributed by atoms with Crippen LogP contribution in [0.1, 0.15) is 33.7 Å². The quantitative estimate of drug-likeness (QED) is 0.333. The van der Waals surface area contributed by atoms with Gasteiger partial charge in [-0.25, -0.2) is 9.67 Å². The number of rotatable bonds is 7. The number of carbonyl (C=O) groups excluding carboxylic acids is 2. The molecule has 43 heavy (non-hydrogen) atoms. The number of halogens is 2. The number of carbonyl (C=O) groups is 2. The van der Waals surface area contributed by atoms with Crippen molar-refractivity contribution in [2.24, 2.45) is 0 Å². The van der Waals surface area contributed by atoms with Gasteiger partial charge < -0.3 is 15.1 Å². The molecule has 1 atom stereocenters. The van der Waals surface area contributed by atoms with Gasteiger partial charge in [0, 0.05) is 79.1 Å². The topological polar surface area (TPSA) is 99.5 Å². The zero-order valence-electron chi connectivity index (χ0n) is 23.8. The fourth-order valence-electron chi connectivity index (χ4n) is 5.66. The smallest absolute Gasteiger partial charge is 0.291 e. The normalized spacial score (nSPS) is 17.5. The molecule has 1 saturated heterocycles. The summed E-state index contributed by atoms with van der Waals surface area (Å²) in [7, 11) is 1.77. The van der Waals surface area contributed by atoms with E-state index in [0.717, 1.165) is 49.5 Å². The molecule has 0 saturated carbocycles. The van der Waals surface area contributed by atoms with Crippen molar-refractivity contribution < 1.29 is 9.59 Å². The van der Waals surface area contributed by atoms with Crippen LogP contribution in [0.2, 0.25) is 10.0 Å². The van der Waals surface area contributed by atoms with E-state index in [2.05, 4.69) is 48.4 Å². The number of likely N-dealkylation sites (N-methyl/N-ethyl adjacent to an activating group) is 1. The SMILES string of the molecule is CN1C(=O)[C@H](NC(=O)c2ncn(Cc3c(Cl)cccc3Cl)n2)CCc2ccc(CN3CCN(c4ccncc4)CC3)cc21. The number of aromatic nitrogens is 4. The van der Waals surface area contributed by atoms with Crippen LogP contribution in [0, 0.1) is 0 Å². The zero-order chi connectivity index (χ0) is 29.9. The average Bonchev–Trinajstić information content (AvgIpc) is 3.46. The minimum Gasteiger partial charge on any atom is -0.369 e. The highest BCUT2D eigenvalue weighted by Crippen LogP contribution is 2.29. The van der Waals surface area contributed by atoms with Gasteiger partial charge in [0.05, 0.1) is 6.54 Å². The van der Waals surface area contributed by atoms with Crippen LogP contribution >= 0.6 is 23.2 Å². The molecule has 0 aliphatic carbocycles. The number of nitrogens with one attached hydrogen (secondary N) is 1. The molecule has 4 heterocycles. The first kappa shape index (κ1) is 29.1. The molecular weight excluding hydrogens is 587 g/mol. The van der Waals surface area contributed by atoms with Crippen LogP contribution in [0.3, 0.4) is 0 Å². The Morgan fingerprint density at radius 2 is 1.74 bits per heavy atom. The van der Waals surface area contributed by atoms with Crippen LogP contribution in [0.25, 0.3) is 0 Å². The Bertz CT molecular complexity index is 1600. The van der Waals surface area contributed by atoms with Gasteiger partial charge in [0.1, 0.15) is 12.4 Å². The minimum atomic E-state index is -0.695. The number of hydrogen-bond acceptors (Lipinski definition) is 7. The van der Waals surface area contributed by atoms with Crippen molar-refractivity contribution in [2.75, 3.05) is 43.0 Å². The monoisotopic (exact) mass is 618 g/mol. The second kappa shape index (κ2) is 12.7. The van der Waals surface area contributed by atoms with Crippen LogP contribution in [0.5, 0.6) is 0 Å². The van der Waals surface area contributed by atoms with Crippen molar-refractivity contribution in [3.05, 3.63) is 99.8 Å². The Morgan fingerprint density at radius 1 is 1.00 bits per heavy atom. The van der Waals surface area contributed by atoms with Crippen molar-refractivity contribution in [3.63, 3.8) is 0 Å². The Kier molecular flexibility index (Phi) is 8.60. The molecule has 222 valence electrons. The molecule has 2 amide bonds. The summed E-state index contributed by atoms with van der Waals surface area (Å²) in [4.78, 5) is 41.3. The van der Waals surface area contributed by atoms with Crippen molar-refractivity contribution >= 4 is 46.4 Å². The standard InChI is InChI=1S/C31H32Cl2N8O2/c1-38-28-17-21(18-39-13-15-40(16-14-39)23-9-11-34-12-10-23)5-6-22(28)7-8-27(31(38)43)36-30(42)29-35-20-41(37-29)19-24-25(32)3-2-4-26(24)33/h2-6,9-12,17,20,27H,7-8,13-16,18-19H2,1H3,(H,36,42)/t27-/m1/s1. The summed E-state index contributed by atoms with van der Waals surface area (Å²) >= 11 is 12.5. The number of amides is 2. The van der Waals surface area contributed by atoms with Gasteiger partial charge in [-0.3, -0.25) is 19.5 Å². The van der Waals surface area contributed by atoms with Crippen molar-refractivity contribution in [2.45, 2.75) is 32.0 Å². The van der Waals surface area contributed by atoms with Crippen LogP contribution in [0.4, 0.5) is 11.4 Å². The molecule has 2 aromatic carbocycles. The lowest BCUT2D eigenvalue weighted by Crippen LogP contribution is -2.47. The van der Waals surface area contributed by atoms with E-state index < -0.39 is 11.9 Å². The van der Waals surface area contributed by atoms with E-state index >= 15 is 0 Å². The van der Waals surface area contributed by atoms with Crippen LogP contribution < -0.4 is 15.1 Å². The molecule has 1 N–H and O–H groups in total. The van der Waals surface area contributed by atoms with Gasteiger partial charge in [0.25, 0.3) is 5.91 Å². The van der Waals surface area contributed by atoms with Crippen LogP contribution in [0.15, 0.2) is 67.3 Å². The Morgan fingerprint density at radius 3 is 2.49 bits per heavy atom. The maximum atomic E-state index is 13.5. The van der Waals surface area contributed by atoms with Gasteiger partial charge in [0.15, 0.2) is 0 Å². The molecule has 0 radical (unpaired) electrons. The molecule has 4 aromatic rings. The number of aryl methyl sites for hydroxylation is 1. The third-order valence-corrected chi connectivity index (χ3v) is 8.78. The van der Waals surface area contributed by atoms with E-state index in [-0.39, 0.29) is 18.3 Å². The van der Waals surface area contributed by atoms with Gasteiger partial charge in [-0.2, -0.15) is 0 Å². The summed E-state index contributed by atoms with van der Waals surface area (Å²) in [5.74, 6) is -0.697. The Hall–Kier alpha value is -3.99. The summed E-state index contributed by atoms with van der Waals surface area (Å²) in [6.07, 6.45) is 6.25. The second-order valence-corrected chi connectivity index (χ2v) is 11.7. The van der Waals surface area contributed by atoms with E-state index in [4.69, 9.17) is 23.2 Å². The van der Waals surface area contributed by atoms with E-state index in [1.807, 2.05) is 24.5 Å². The van der Waals surface area contributed by atoms with Crippen molar-refractivity contribution in [1.29, 1.82) is 0 Å². The van der Waals surface area contributed by atoms with Crippen molar-refractivity contribution in [1.82, 2.24) is 30.0 Å². The van der Waals surface area contributed by atoms with Crippen LogP contribution in [-0.2, 0) is 24.3 Å². The Balaban J connectivity index is 1.07. The first-order valence-corrected chi connectivity index (χ1v) is 15.0. The summed E-state index contributed by atoms with van der Waals surface area (Å²) in [5.41, 5.74) is 5.01. The number of benzene rings is 2. The third kappa shape index (κ3) is 6.51. The molecule has 10 nitrogen and oxygen atoms in total. The zero-order valence-corrected chi connectivity index (χ0v) is 25.3. The minimum absolute atomic E-state index is 0.0216. The number of pyridine rings is 1. The highest BCUT2D eigenvalue weighted by atomic mass is 35.5. The van der Waals surface area contributed by atoms with Gasteiger partial charge in [0.2, 0.25) is 11.7 Å². The number of anilines is 2. The maximum Gasteiger partial charge on any atom is 0.291 e. The predicted octanol–water partition coefficient (Wildman–Crippen LogP) is 4.06. The highest BCUT2D eigenvalue weighted by molar-refractivity contribution is 6.36. The fourth-order valence-corrected chi connectivity index (χ4v) is 6.18. The number of hydrogen-bond donors (Lipinski definition) is 1. The fraction of sp³-hybridized carbons (Fsp3) is 0.323. The molecule has 2 aliphatic heterocycles. The average molecular weight is 620 g/mol. The molecule has 2 aliphatic rings. The first-order valence-electron chi connectivity index (χ1n) is 14.3. The molecule has 2 aromatic heterocycles. The lowest BCUT2D eigenvalue weighted by atomic mass is 10.0. The number of nitrogens with zero attached hydrogens (tertiary/aromatic N) is 7. The molecular formula is C31H32Cl2N8O2. The lowest BCUT2D eigenvalue weighted by molar-refractivity contribution is -0.120.